The summed E-state index contributed by atoms with van der Waals surface area (Å²) < 4.78 is 16.6. The van der Waals surface area contributed by atoms with E-state index in [1.54, 1.807) is 12.0 Å². The van der Waals surface area contributed by atoms with E-state index < -0.39 is 0 Å². The van der Waals surface area contributed by atoms with Crippen LogP contribution in [0.3, 0.4) is 0 Å². The minimum absolute atomic E-state index is 0.00349. The van der Waals surface area contributed by atoms with Gasteiger partial charge in [0.2, 0.25) is 17.6 Å². The second-order valence-corrected chi connectivity index (χ2v) is 7.92. The van der Waals surface area contributed by atoms with Crippen molar-refractivity contribution in [2.75, 3.05) is 25.2 Å². The zero-order chi connectivity index (χ0) is 22.0. The molecule has 1 aliphatic rings. The Labute approximate surface area is 185 Å². The molecule has 0 saturated carbocycles. The number of benzene rings is 2. The molecule has 8 heteroatoms. The van der Waals surface area contributed by atoms with E-state index in [2.05, 4.69) is 10.1 Å². The molecule has 2 heterocycles. The van der Waals surface area contributed by atoms with E-state index in [1.807, 2.05) is 50.2 Å². The molecule has 162 valence electrons. The van der Waals surface area contributed by atoms with E-state index in [1.165, 1.54) is 0 Å². The van der Waals surface area contributed by atoms with Crippen LogP contribution in [0.2, 0.25) is 5.02 Å². The van der Waals surface area contributed by atoms with Crippen LogP contribution < -0.4 is 14.4 Å². The first-order valence-electron chi connectivity index (χ1n) is 10.2. The third-order valence-electron chi connectivity index (χ3n) is 5.27. The third-order valence-corrected chi connectivity index (χ3v) is 5.67. The van der Waals surface area contributed by atoms with Crippen LogP contribution in [0.4, 0.5) is 5.69 Å². The molecule has 1 aromatic heterocycles. The lowest BCUT2D eigenvalue weighted by Gasteiger charge is -2.17. The molecular weight excluding hydrogens is 418 g/mol. The average Bonchev–Trinajstić information content (AvgIpc) is 3.41. The predicted molar refractivity (Wildman–Crippen MR) is 118 cm³/mol. The summed E-state index contributed by atoms with van der Waals surface area (Å²) in [4.78, 5) is 18.9. The molecule has 31 heavy (non-hydrogen) atoms. The van der Waals surface area contributed by atoms with Crippen molar-refractivity contribution in [1.29, 1.82) is 0 Å². The molecule has 1 fully saturated rings. The molecule has 0 aliphatic carbocycles. The van der Waals surface area contributed by atoms with E-state index in [9.17, 15) is 4.79 Å². The van der Waals surface area contributed by atoms with Crippen LogP contribution in [-0.4, -0.2) is 36.3 Å². The number of carbonyl (C=O) groups excluding carboxylic acids is 1. The Kier molecular flexibility index (Phi) is 6.13. The highest BCUT2D eigenvalue weighted by Gasteiger charge is 2.35. The van der Waals surface area contributed by atoms with Crippen molar-refractivity contribution in [3.8, 4) is 22.9 Å². The van der Waals surface area contributed by atoms with Gasteiger partial charge in [0.1, 0.15) is 0 Å². The van der Waals surface area contributed by atoms with Gasteiger partial charge in [-0.2, -0.15) is 4.98 Å². The summed E-state index contributed by atoms with van der Waals surface area (Å²) in [6, 6.07) is 11.1. The fraction of sp³-hybridized carbons (Fsp3) is 0.348. The highest BCUT2D eigenvalue weighted by molar-refractivity contribution is 6.31. The molecule has 0 spiro atoms. The van der Waals surface area contributed by atoms with Gasteiger partial charge in [-0.3, -0.25) is 4.79 Å². The van der Waals surface area contributed by atoms with Crippen LogP contribution in [0, 0.1) is 6.92 Å². The first-order valence-corrected chi connectivity index (χ1v) is 10.6. The lowest BCUT2D eigenvalue weighted by molar-refractivity contribution is -0.117. The minimum atomic E-state index is -0.178. The van der Waals surface area contributed by atoms with E-state index in [0.29, 0.717) is 47.8 Å². The number of carbonyl (C=O) groups is 1. The number of ether oxygens (including phenoxy) is 2. The lowest BCUT2D eigenvalue weighted by atomic mass is 10.1. The van der Waals surface area contributed by atoms with E-state index in [0.717, 1.165) is 23.2 Å². The standard InChI is InChI=1S/C23H24ClN3O4/c1-4-9-30-19-8-6-15(10-20(19)29-3)22-25-23(31-26-22)16-11-21(28)27(13-16)17-7-5-14(2)18(24)12-17/h5-8,10,12,16H,4,9,11,13H2,1-3H3. The number of aromatic nitrogens is 2. The normalized spacial score (nSPS) is 16.1. The van der Waals surface area contributed by atoms with Gasteiger partial charge in [0, 0.05) is 29.2 Å². The Balaban J connectivity index is 1.52. The van der Waals surface area contributed by atoms with E-state index >= 15 is 0 Å². The van der Waals surface area contributed by atoms with Gasteiger partial charge >= 0.3 is 0 Å². The van der Waals surface area contributed by atoms with Crippen LogP contribution >= 0.6 is 11.6 Å². The molecular formula is C23H24ClN3O4. The highest BCUT2D eigenvalue weighted by Crippen LogP contribution is 2.35. The molecule has 7 nitrogen and oxygen atoms in total. The Bertz CT molecular complexity index is 1100. The molecule has 3 aromatic rings. The number of rotatable bonds is 7. The van der Waals surface area contributed by atoms with Gasteiger partial charge in [-0.05, 0) is 49.2 Å². The zero-order valence-corrected chi connectivity index (χ0v) is 18.5. The molecule has 1 aliphatic heterocycles. The molecule has 1 saturated heterocycles. The van der Waals surface area contributed by atoms with E-state index in [4.69, 9.17) is 25.6 Å². The number of methoxy groups -OCH3 is 1. The summed E-state index contributed by atoms with van der Waals surface area (Å²) >= 11 is 6.23. The monoisotopic (exact) mass is 441 g/mol. The van der Waals surface area contributed by atoms with Crippen molar-refractivity contribution in [3.05, 3.63) is 52.9 Å². The summed E-state index contributed by atoms with van der Waals surface area (Å²) in [5.74, 6) is 1.99. The zero-order valence-electron chi connectivity index (χ0n) is 17.7. The number of aryl methyl sites for hydroxylation is 1. The van der Waals surface area contributed by atoms with Gasteiger partial charge < -0.3 is 18.9 Å². The van der Waals surface area contributed by atoms with Gasteiger partial charge in [0.05, 0.1) is 19.6 Å². The van der Waals surface area contributed by atoms with Crippen molar-refractivity contribution in [2.45, 2.75) is 32.6 Å². The fourth-order valence-corrected chi connectivity index (χ4v) is 3.70. The molecule has 1 unspecified atom stereocenters. The van der Waals surface area contributed by atoms with Gasteiger partial charge in [-0.1, -0.05) is 29.7 Å². The van der Waals surface area contributed by atoms with Crippen LogP contribution in [-0.2, 0) is 4.79 Å². The van der Waals surface area contributed by atoms with Crippen molar-refractivity contribution in [2.24, 2.45) is 0 Å². The fourth-order valence-electron chi connectivity index (χ4n) is 3.53. The Morgan fingerprint density at radius 3 is 2.81 bits per heavy atom. The van der Waals surface area contributed by atoms with Crippen LogP contribution in [0.25, 0.3) is 11.4 Å². The topological polar surface area (TPSA) is 77.7 Å². The minimum Gasteiger partial charge on any atom is -0.493 e. The predicted octanol–water partition coefficient (Wildman–Crippen LogP) is 5.02. The number of hydrogen-bond acceptors (Lipinski definition) is 6. The number of amides is 1. The summed E-state index contributed by atoms with van der Waals surface area (Å²) in [5.41, 5.74) is 2.49. The Morgan fingerprint density at radius 2 is 2.06 bits per heavy atom. The summed E-state index contributed by atoms with van der Waals surface area (Å²) in [6.07, 6.45) is 1.21. The second kappa shape index (κ2) is 8.98. The third kappa shape index (κ3) is 4.37. The molecule has 1 atom stereocenters. The summed E-state index contributed by atoms with van der Waals surface area (Å²) in [5, 5.41) is 4.75. The van der Waals surface area contributed by atoms with Crippen LogP contribution in [0.15, 0.2) is 40.9 Å². The molecule has 0 radical (unpaired) electrons. The summed E-state index contributed by atoms with van der Waals surface area (Å²) in [6.45, 7) is 5.05. The molecule has 4 rings (SSSR count). The molecule has 0 N–H and O–H groups in total. The van der Waals surface area contributed by atoms with Crippen molar-refractivity contribution in [1.82, 2.24) is 10.1 Å². The quantitative estimate of drug-likeness (QED) is 0.512. The second-order valence-electron chi connectivity index (χ2n) is 7.51. The number of halogens is 1. The van der Waals surface area contributed by atoms with Gasteiger partial charge in [0.25, 0.3) is 0 Å². The molecule has 2 aromatic carbocycles. The maximum absolute atomic E-state index is 12.6. The lowest BCUT2D eigenvalue weighted by Crippen LogP contribution is -2.24. The maximum Gasteiger partial charge on any atom is 0.232 e. The average molecular weight is 442 g/mol. The van der Waals surface area contributed by atoms with Crippen molar-refractivity contribution >= 4 is 23.2 Å². The first kappa shape index (κ1) is 21.2. The van der Waals surface area contributed by atoms with Crippen LogP contribution in [0.5, 0.6) is 11.5 Å². The van der Waals surface area contributed by atoms with Gasteiger partial charge in [0.15, 0.2) is 11.5 Å². The van der Waals surface area contributed by atoms with Crippen molar-refractivity contribution in [3.63, 3.8) is 0 Å². The van der Waals surface area contributed by atoms with Gasteiger partial charge in [-0.15, -0.1) is 0 Å². The SMILES string of the molecule is CCCOc1ccc(-c2noc(C3CC(=O)N(c4ccc(C)c(Cl)c4)C3)n2)cc1OC. The number of hydrogen-bond donors (Lipinski definition) is 0. The maximum atomic E-state index is 12.6. The Morgan fingerprint density at radius 1 is 1.23 bits per heavy atom. The van der Waals surface area contributed by atoms with Crippen molar-refractivity contribution < 1.29 is 18.8 Å². The number of anilines is 1. The number of nitrogens with zero attached hydrogens (tertiary/aromatic N) is 3. The largest absolute Gasteiger partial charge is 0.493 e. The smallest absolute Gasteiger partial charge is 0.232 e. The first-order chi connectivity index (χ1) is 15.0. The Hall–Kier alpha value is -3.06. The molecule has 1 amide bonds. The van der Waals surface area contributed by atoms with Gasteiger partial charge in [-0.25, -0.2) is 0 Å². The summed E-state index contributed by atoms with van der Waals surface area (Å²) in [7, 11) is 1.59. The van der Waals surface area contributed by atoms with E-state index in [-0.39, 0.29) is 11.8 Å². The highest BCUT2D eigenvalue weighted by atomic mass is 35.5. The molecule has 0 bridgehead atoms. The van der Waals surface area contributed by atoms with Crippen LogP contribution in [0.1, 0.15) is 37.1 Å².